The molecule has 3 nitrogen and oxygen atoms in total. The molecule has 1 aromatic carbocycles. The van der Waals surface area contributed by atoms with Crippen LogP contribution in [0.2, 0.25) is 0 Å². The molecule has 2 rings (SSSR count). The van der Waals surface area contributed by atoms with Gasteiger partial charge in [-0.25, -0.2) is 4.39 Å². The average molecular weight is 239 g/mol. The van der Waals surface area contributed by atoms with Crippen molar-refractivity contribution in [3.63, 3.8) is 0 Å². The molecule has 3 N–H and O–H groups in total. The molecule has 1 aliphatic rings. The van der Waals surface area contributed by atoms with Crippen LogP contribution in [0.1, 0.15) is 13.8 Å². The second-order valence-corrected chi connectivity index (χ2v) is 4.71. The summed E-state index contributed by atoms with van der Waals surface area (Å²) in [7, 11) is 1.79. The molecule has 0 aliphatic carbocycles. The fourth-order valence-corrected chi connectivity index (χ4v) is 1.83. The Labute approximate surface area is 99.4 Å². The van der Waals surface area contributed by atoms with Crippen molar-refractivity contribution in [3.8, 4) is 0 Å². The van der Waals surface area contributed by atoms with Crippen molar-refractivity contribution in [2.45, 2.75) is 19.4 Å². The third-order valence-electron chi connectivity index (χ3n) is 2.67. The summed E-state index contributed by atoms with van der Waals surface area (Å²) in [5, 5.41) is 9.19. The van der Waals surface area contributed by atoms with Gasteiger partial charge < -0.3 is 16.0 Å². The average Bonchev–Trinajstić information content (AvgIpc) is 2.22. The van der Waals surface area contributed by atoms with Gasteiger partial charge in [-0.3, -0.25) is 0 Å². The summed E-state index contributed by atoms with van der Waals surface area (Å²) in [5.74, 6) is -0.280. The van der Waals surface area contributed by atoms with Crippen LogP contribution in [0, 0.1) is 5.82 Å². The van der Waals surface area contributed by atoms with E-state index in [0.717, 1.165) is 5.69 Å². The molecule has 0 amide bonds. The molecule has 0 spiro atoms. The second-order valence-electron chi connectivity index (χ2n) is 4.30. The summed E-state index contributed by atoms with van der Waals surface area (Å²) in [6.45, 7) is 3.83. The lowest BCUT2D eigenvalue weighted by Crippen LogP contribution is -2.46. The molecule has 0 saturated carbocycles. The molecule has 5 heteroatoms. The number of thiocarbonyl (C=S) groups is 1. The fourth-order valence-electron chi connectivity index (χ4n) is 1.68. The summed E-state index contributed by atoms with van der Waals surface area (Å²) in [5.41, 5.74) is 1.52. The Morgan fingerprint density at radius 1 is 1.31 bits per heavy atom. The maximum Gasteiger partial charge on any atom is 0.148 e. The highest BCUT2D eigenvalue weighted by Crippen LogP contribution is 2.38. The first-order valence-corrected chi connectivity index (χ1v) is 5.46. The van der Waals surface area contributed by atoms with Gasteiger partial charge >= 0.3 is 0 Å². The predicted molar refractivity (Wildman–Crippen MR) is 69.9 cm³/mol. The smallest absolute Gasteiger partial charge is 0.148 e. The van der Waals surface area contributed by atoms with Crippen LogP contribution in [0.3, 0.4) is 0 Å². The highest BCUT2D eigenvalue weighted by Gasteiger charge is 2.32. The zero-order valence-corrected chi connectivity index (χ0v) is 10.3. The van der Waals surface area contributed by atoms with E-state index in [-0.39, 0.29) is 5.82 Å². The van der Waals surface area contributed by atoms with Crippen molar-refractivity contribution in [2.75, 3.05) is 23.0 Å². The first-order valence-electron chi connectivity index (χ1n) is 5.05. The maximum absolute atomic E-state index is 13.7. The molecule has 16 heavy (non-hydrogen) atoms. The molecule has 1 aliphatic heterocycles. The third-order valence-corrected chi connectivity index (χ3v) is 3.28. The number of nitrogens with one attached hydrogen (secondary N) is 3. The number of hydrogen-bond acceptors (Lipinski definition) is 3. The van der Waals surface area contributed by atoms with Gasteiger partial charge in [0, 0.05) is 7.05 Å². The van der Waals surface area contributed by atoms with Gasteiger partial charge in [0.25, 0.3) is 0 Å². The number of fused-ring (bicyclic) bond motifs is 1. The molecule has 0 unspecified atom stereocenters. The van der Waals surface area contributed by atoms with Gasteiger partial charge in [-0.15, -0.1) is 0 Å². The van der Waals surface area contributed by atoms with E-state index in [0.29, 0.717) is 16.4 Å². The summed E-state index contributed by atoms with van der Waals surface area (Å²) < 4.78 is 13.7. The zero-order chi connectivity index (χ0) is 11.9. The van der Waals surface area contributed by atoms with Gasteiger partial charge in [0.2, 0.25) is 0 Å². The molecule has 1 heterocycles. The third kappa shape index (κ3) is 1.61. The van der Waals surface area contributed by atoms with Gasteiger partial charge in [0.05, 0.1) is 22.6 Å². The van der Waals surface area contributed by atoms with Gasteiger partial charge in [-0.2, -0.15) is 0 Å². The Hall–Kier alpha value is -1.36. The normalized spacial score (nSPS) is 17.1. The molecule has 0 aromatic heterocycles. The lowest BCUT2D eigenvalue weighted by Gasteiger charge is -2.36. The van der Waals surface area contributed by atoms with Crippen LogP contribution >= 0.6 is 12.2 Å². The van der Waals surface area contributed by atoms with Crippen molar-refractivity contribution in [3.05, 3.63) is 17.9 Å². The largest absolute Gasteiger partial charge is 0.386 e. The van der Waals surface area contributed by atoms with Gasteiger partial charge in [0.15, 0.2) is 0 Å². The van der Waals surface area contributed by atoms with Crippen molar-refractivity contribution < 1.29 is 4.39 Å². The molecular formula is C11H14FN3S. The molecule has 86 valence electrons. The van der Waals surface area contributed by atoms with Crippen LogP contribution in [-0.2, 0) is 0 Å². The van der Waals surface area contributed by atoms with E-state index in [1.807, 2.05) is 13.8 Å². The number of benzene rings is 1. The van der Waals surface area contributed by atoms with E-state index in [4.69, 9.17) is 12.2 Å². The van der Waals surface area contributed by atoms with E-state index >= 15 is 0 Å². The topological polar surface area (TPSA) is 36.1 Å². The Morgan fingerprint density at radius 2 is 2.00 bits per heavy atom. The van der Waals surface area contributed by atoms with E-state index in [2.05, 4.69) is 16.0 Å². The molecule has 0 atom stereocenters. The van der Waals surface area contributed by atoms with Gasteiger partial charge in [-0.05, 0) is 26.0 Å². The minimum Gasteiger partial charge on any atom is -0.386 e. The molecule has 0 fully saturated rings. The highest BCUT2D eigenvalue weighted by molar-refractivity contribution is 7.80. The first-order chi connectivity index (χ1) is 7.45. The van der Waals surface area contributed by atoms with Crippen LogP contribution < -0.4 is 16.0 Å². The standard InChI is InChI=1S/C11H14FN3S/c1-11(2)10(16)14-9-7(13-3)5-4-6(12)8(9)15-11/h4-5,13,15H,1-3H3,(H,14,16). The van der Waals surface area contributed by atoms with Crippen molar-refractivity contribution in [1.82, 2.24) is 0 Å². The van der Waals surface area contributed by atoms with E-state index in [1.54, 1.807) is 13.1 Å². The minimum atomic E-state index is -0.435. The van der Waals surface area contributed by atoms with Crippen molar-refractivity contribution >= 4 is 34.3 Å². The van der Waals surface area contributed by atoms with Crippen LogP contribution in [0.25, 0.3) is 0 Å². The summed E-state index contributed by atoms with van der Waals surface area (Å²) in [6.07, 6.45) is 0. The SMILES string of the molecule is CNc1ccc(F)c2c1NC(=S)C(C)(C)N2. The molecular weight excluding hydrogens is 225 g/mol. The van der Waals surface area contributed by atoms with Gasteiger partial charge in [-0.1, -0.05) is 12.2 Å². The van der Waals surface area contributed by atoms with Crippen LogP contribution in [0.4, 0.5) is 21.5 Å². The molecule has 0 radical (unpaired) electrons. The number of rotatable bonds is 1. The van der Waals surface area contributed by atoms with E-state index in [9.17, 15) is 4.39 Å². The fraction of sp³-hybridized carbons (Fsp3) is 0.364. The van der Waals surface area contributed by atoms with Crippen molar-refractivity contribution in [2.24, 2.45) is 0 Å². The Kier molecular flexibility index (Phi) is 2.50. The maximum atomic E-state index is 13.7. The second kappa shape index (κ2) is 3.59. The van der Waals surface area contributed by atoms with E-state index in [1.165, 1.54) is 6.07 Å². The van der Waals surface area contributed by atoms with Crippen molar-refractivity contribution in [1.29, 1.82) is 0 Å². The number of halogens is 1. The minimum absolute atomic E-state index is 0.280. The lowest BCUT2D eigenvalue weighted by molar-refractivity contribution is 0.622. The zero-order valence-electron chi connectivity index (χ0n) is 9.44. The van der Waals surface area contributed by atoms with Crippen LogP contribution in [-0.4, -0.2) is 17.6 Å². The predicted octanol–water partition coefficient (Wildman–Crippen LogP) is 2.81. The van der Waals surface area contributed by atoms with E-state index < -0.39 is 5.54 Å². The molecule has 0 bridgehead atoms. The van der Waals surface area contributed by atoms with Crippen LogP contribution in [0.5, 0.6) is 0 Å². The Balaban J connectivity index is 2.57. The molecule has 0 saturated heterocycles. The Bertz CT molecular complexity index is 457. The molecule has 1 aromatic rings. The summed E-state index contributed by atoms with van der Waals surface area (Å²) in [4.78, 5) is 0.655. The number of hydrogen-bond donors (Lipinski definition) is 3. The summed E-state index contributed by atoms with van der Waals surface area (Å²) >= 11 is 5.24. The first kappa shape index (κ1) is 11.1. The lowest BCUT2D eigenvalue weighted by atomic mass is 10.00. The summed E-state index contributed by atoms with van der Waals surface area (Å²) in [6, 6.07) is 3.12. The number of anilines is 3. The monoisotopic (exact) mass is 239 g/mol. The quantitative estimate of drug-likeness (QED) is 0.659. The van der Waals surface area contributed by atoms with Gasteiger partial charge in [0.1, 0.15) is 10.8 Å². The highest BCUT2D eigenvalue weighted by atomic mass is 32.1. The Morgan fingerprint density at radius 3 is 2.62 bits per heavy atom. The van der Waals surface area contributed by atoms with Crippen LogP contribution in [0.15, 0.2) is 12.1 Å².